The van der Waals surface area contributed by atoms with Crippen molar-refractivity contribution in [3.05, 3.63) is 88.7 Å². The number of carbonyl (C=O) groups excluding carboxylic acids is 2. The Morgan fingerprint density at radius 2 is 1.62 bits per heavy atom. The SMILES string of the molecule is CCOC(=O)c1ccc2c(c1)sc(=NC(=O)c1ccc(S(=O)(=O)N(CC)c3ccccc3)cc1)n2CC. The molecule has 1 aromatic heterocycles. The summed E-state index contributed by atoms with van der Waals surface area (Å²) in [6.07, 6.45) is 0. The molecule has 0 fully saturated rings. The molecule has 10 heteroatoms. The predicted molar refractivity (Wildman–Crippen MR) is 144 cm³/mol. The molecule has 0 aliphatic carbocycles. The van der Waals surface area contributed by atoms with Crippen molar-refractivity contribution in [2.75, 3.05) is 17.5 Å². The number of hydrogen-bond donors (Lipinski definition) is 0. The second-order valence-corrected chi connectivity index (χ2v) is 10.8. The Morgan fingerprint density at radius 3 is 2.24 bits per heavy atom. The molecule has 0 aliphatic rings. The van der Waals surface area contributed by atoms with Crippen LogP contribution in [-0.2, 0) is 21.3 Å². The van der Waals surface area contributed by atoms with E-state index in [2.05, 4.69) is 4.99 Å². The van der Waals surface area contributed by atoms with E-state index in [-0.39, 0.29) is 23.6 Å². The highest BCUT2D eigenvalue weighted by molar-refractivity contribution is 7.92. The highest BCUT2D eigenvalue weighted by Crippen LogP contribution is 2.24. The molecule has 192 valence electrons. The zero-order valence-electron chi connectivity index (χ0n) is 20.7. The minimum atomic E-state index is -3.80. The maximum absolute atomic E-state index is 13.2. The van der Waals surface area contributed by atoms with Gasteiger partial charge in [-0.2, -0.15) is 4.99 Å². The van der Waals surface area contributed by atoms with Gasteiger partial charge in [-0.1, -0.05) is 29.5 Å². The minimum Gasteiger partial charge on any atom is -0.462 e. The first kappa shape index (κ1) is 26.3. The Labute approximate surface area is 219 Å². The van der Waals surface area contributed by atoms with E-state index in [4.69, 9.17) is 4.74 Å². The topological polar surface area (TPSA) is 98.0 Å². The number of aromatic nitrogens is 1. The number of aryl methyl sites for hydroxylation is 1. The lowest BCUT2D eigenvalue weighted by molar-refractivity contribution is 0.0526. The van der Waals surface area contributed by atoms with E-state index in [1.165, 1.54) is 39.9 Å². The summed E-state index contributed by atoms with van der Waals surface area (Å²) in [5.74, 6) is -0.891. The number of rotatable bonds is 8. The number of fused-ring (bicyclic) bond motifs is 1. The Balaban J connectivity index is 1.65. The molecule has 3 aromatic carbocycles. The van der Waals surface area contributed by atoms with Crippen LogP contribution >= 0.6 is 11.3 Å². The van der Waals surface area contributed by atoms with Crippen LogP contribution in [0.3, 0.4) is 0 Å². The van der Waals surface area contributed by atoms with E-state index in [0.717, 1.165) is 10.2 Å². The van der Waals surface area contributed by atoms with Crippen LogP contribution in [0.25, 0.3) is 10.2 Å². The zero-order chi connectivity index (χ0) is 26.6. The number of hydrogen-bond acceptors (Lipinski definition) is 6. The molecule has 1 heterocycles. The number of carbonyl (C=O) groups is 2. The van der Waals surface area contributed by atoms with E-state index >= 15 is 0 Å². The van der Waals surface area contributed by atoms with Gasteiger partial charge >= 0.3 is 5.97 Å². The molecule has 4 aromatic rings. The summed E-state index contributed by atoms with van der Waals surface area (Å²) < 4.78 is 35.5. The molecule has 0 bridgehead atoms. The average Bonchev–Trinajstić information content (AvgIpc) is 3.25. The third-order valence-corrected chi connectivity index (χ3v) is 8.69. The second kappa shape index (κ2) is 11.1. The average molecular weight is 538 g/mol. The quantitative estimate of drug-likeness (QED) is 0.299. The van der Waals surface area contributed by atoms with Crippen LogP contribution < -0.4 is 9.11 Å². The summed E-state index contributed by atoms with van der Waals surface area (Å²) in [7, 11) is -3.80. The third-order valence-electron chi connectivity index (χ3n) is 5.73. The molecular weight excluding hydrogens is 510 g/mol. The van der Waals surface area contributed by atoms with Gasteiger partial charge < -0.3 is 9.30 Å². The van der Waals surface area contributed by atoms with Gasteiger partial charge in [0, 0.05) is 18.7 Å². The van der Waals surface area contributed by atoms with Crippen molar-refractivity contribution in [2.24, 2.45) is 4.99 Å². The first-order valence-electron chi connectivity index (χ1n) is 11.9. The first-order chi connectivity index (χ1) is 17.8. The van der Waals surface area contributed by atoms with E-state index in [1.807, 2.05) is 23.6 Å². The standard InChI is InChI=1S/C27H27N3O5S2/c1-4-29-23-17-14-20(26(32)35-6-3)18-24(23)36-27(29)28-25(31)19-12-15-22(16-13-19)37(33,34)30(5-2)21-10-8-7-9-11-21/h7-18H,4-6H2,1-3H3. The predicted octanol–water partition coefficient (Wildman–Crippen LogP) is 4.86. The molecule has 0 N–H and O–H groups in total. The highest BCUT2D eigenvalue weighted by Gasteiger charge is 2.23. The zero-order valence-corrected chi connectivity index (χ0v) is 22.4. The van der Waals surface area contributed by atoms with Crippen molar-refractivity contribution < 1.29 is 22.7 Å². The third kappa shape index (κ3) is 5.35. The van der Waals surface area contributed by atoms with Gasteiger partial charge in [0.25, 0.3) is 15.9 Å². The number of esters is 1. The van der Waals surface area contributed by atoms with Gasteiger partial charge in [-0.3, -0.25) is 9.10 Å². The van der Waals surface area contributed by atoms with Gasteiger partial charge in [-0.25, -0.2) is 13.2 Å². The molecule has 1 amide bonds. The molecular formula is C27H27N3O5S2. The summed E-state index contributed by atoms with van der Waals surface area (Å²) in [5.41, 5.74) is 2.13. The smallest absolute Gasteiger partial charge is 0.338 e. The molecule has 37 heavy (non-hydrogen) atoms. The van der Waals surface area contributed by atoms with Gasteiger partial charge in [0.2, 0.25) is 0 Å². The monoisotopic (exact) mass is 537 g/mol. The molecule has 0 aliphatic heterocycles. The van der Waals surface area contributed by atoms with E-state index in [1.54, 1.807) is 50.2 Å². The summed E-state index contributed by atoms with van der Waals surface area (Å²) in [6, 6.07) is 19.9. The van der Waals surface area contributed by atoms with E-state index in [9.17, 15) is 18.0 Å². The van der Waals surface area contributed by atoms with Crippen LogP contribution in [0.5, 0.6) is 0 Å². The van der Waals surface area contributed by atoms with Gasteiger partial charge in [0.15, 0.2) is 4.80 Å². The molecule has 0 atom stereocenters. The van der Waals surface area contributed by atoms with Gasteiger partial charge in [0.05, 0.1) is 33.0 Å². The number of benzene rings is 3. The van der Waals surface area contributed by atoms with Crippen molar-refractivity contribution >= 4 is 49.1 Å². The molecule has 0 saturated heterocycles. The number of nitrogens with zero attached hydrogens (tertiary/aromatic N) is 3. The fourth-order valence-corrected chi connectivity index (χ4v) is 6.54. The van der Waals surface area contributed by atoms with Crippen molar-refractivity contribution in [3.63, 3.8) is 0 Å². The lowest BCUT2D eigenvalue weighted by atomic mass is 10.2. The normalized spacial score (nSPS) is 12.0. The number of thiazole rings is 1. The Bertz CT molecular complexity index is 1610. The fourth-order valence-electron chi connectivity index (χ4n) is 3.94. The highest BCUT2D eigenvalue weighted by atomic mass is 32.2. The number of para-hydroxylation sites is 1. The molecule has 0 radical (unpaired) electrons. The molecule has 8 nitrogen and oxygen atoms in total. The van der Waals surface area contributed by atoms with Crippen LogP contribution in [0, 0.1) is 0 Å². The van der Waals surface area contributed by atoms with Gasteiger partial charge in [-0.15, -0.1) is 0 Å². The molecule has 4 rings (SSSR count). The maximum Gasteiger partial charge on any atom is 0.338 e. The summed E-state index contributed by atoms with van der Waals surface area (Å²) in [4.78, 5) is 30.0. The van der Waals surface area contributed by atoms with Crippen LogP contribution in [0.4, 0.5) is 5.69 Å². The van der Waals surface area contributed by atoms with Gasteiger partial charge in [0.1, 0.15) is 0 Å². The van der Waals surface area contributed by atoms with Crippen molar-refractivity contribution in [1.29, 1.82) is 0 Å². The minimum absolute atomic E-state index is 0.0896. The van der Waals surface area contributed by atoms with Crippen LogP contribution in [0.15, 0.2) is 82.7 Å². The lowest BCUT2D eigenvalue weighted by Gasteiger charge is -2.22. The number of amides is 1. The largest absolute Gasteiger partial charge is 0.462 e. The summed E-state index contributed by atoms with van der Waals surface area (Å²) in [5, 5.41) is 0. The Hall–Kier alpha value is -3.76. The van der Waals surface area contributed by atoms with Crippen molar-refractivity contribution in [1.82, 2.24) is 4.57 Å². The van der Waals surface area contributed by atoms with Crippen LogP contribution in [-0.4, -0.2) is 38.0 Å². The van der Waals surface area contributed by atoms with E-state index in [0.29, 0.717) is 22.6 Å². The fraction of sp³-hybridized carbons (Fsp3) is 0.222. The molecule has 0 spiro atoms. The van der Waals surface area contributed by atoms with E-state index < -0.39 is 21.9 Å². The number of ether oxygens (including phenoxy) is 1. The van der Waals surface area contributed by atoms with Crippen LogP contribution in [0.1, 0.15) is 41.5 Å². The number of anilines is 1. The van der Waals surface area contributed by atoms with Gasteiger partial charge in [-0.05, 0) is 75.4 Å². The Kier molecular flexibility index (Phi) is 7.89. The lowest BCUT2D eigenvalue weighted by Crippen LogP contribution is -2.30. The Morgan fingerprint density at radius 1 is 0.946 bits per heavy atom. The molecule has 0 saturated carbocycles. The first-order valence-corrected chi connectivity index (χ1v) is 14.1. The van der Waals surface area contributed by atoms with Crippen LogP contribution in [0.2, 0.25) is 0 Å². The summed E-state index contributed by atoms with van der Waals surface area (Å²) in [6.45, 7) is 6.60. The van der Waals surface area contributed by atoms with Crippen molar-refractivity contribution in [2.45, 2.75) is 32.2 Å². The number of sulfonamides is 1. The summed E-state index contributed by atoms with van der Waals surface area (Å²) >= 11 is 1.30. The second-order valence-electron chi connectivity index (χ2n) is 7.98. The molecule has 0 unspecified atom stereocenters. The van der Waals surface area contributed by atoms with Crippen molar-refractivity contribution in [3.8, 4) is 0 Å². The maximum atomic E-state index is 13.2.